The molecule has 0 aliphatic rings. The number of hydrogen-bond acceptors (Lipinski definition) is 1. The number of rotatable bonds is 2. The second kappa shape index (κ2) is 7.07. The van der Waals surface area contributed by atoms with E-state index in [2.05, 4.69) is 109 Å². The number of fused-ring (bicyclic) bond motifs is 3. The summed E-state index contributed by atoms with van der Waals surface area (Å²) in [5, 5.41) is 7.48. The molecule has 0 saturated heterocycles. The Morgan fingerprint density at radius 2 is 1.19 bits per heavy atom. The van der Waals surface area contributed by atoms with E-state index in [4.69, 9.17) is 0 Å². The van der Waals surface area contributed by atoms with Gasteiger partial charge in [-0.1, -0.05) is 90.5 Å². The van der Waals surface area contributed by atoms with Crippen LogP contribution in [-0.4, -0.2) is 4.98 Å². The van der Waals surface area contributed by atoms with Gasteiger partial charge in [0.15, 0.2) is 0 Å². The minimum absolute atomic E-state index is 1.19. The van der Waals surface area contributed by atoms with Crippen LogP contribution in [0.3, 0.4) is 0 Å². The maximum Gasteiger partial charge on any atom is 0.0353 e. The van der Waals surface area contributed by atoms with Gasteiger partial charge in [0.25, 0.3) is 0 Å². The Morgan fingerprint density at radius 3 is 2.00 bits per heavy atom. The van der Waals surface area contributed by atoms with Crippen molar-refractivity contribution in [2.45, 2.75) is 6.92 Å². The fraction of sp³-hybridized carbons (Fsp3) is 0.0333. The van der Waals surface area contributed by atoms with Crippen molar-refractivity contribution < 1.29 is 0 Å². The average molecular weight is 396 g/mol. The summed E-state index contributed by atoms with van der Waals surface area (Å²) < 4.78 is 0. The highest BCUT2D eigenvalue weighted by atomic mass is 14.6. The van der Waals surface area contributed by atoms with Gasteiger partial charge in [-0.25, -0.2) is 0 Å². The molecule has 0 aliphatic heterocycles. The van der Waals surface area contributed by atoms with Crippen molar-refractivity contribution in [3.63, 3.8) is 0 Å². The van der Waals surface area contributed by atoms with Gasteiger partial charge in [0, 0.05) is 17.8 Å². The van der Waals surface area contributed by atoms with Crippen molar-refractivity contribution in [2.24, 2.45) is 0 Å². The van der Waals surface area contributed by atoms with Gasteiger partial charge in [0.1, 0.15) is 0 Å². The lowest BCUT2D eigenvalue weighted by Crippen LogP contribution is -1.92. The van der Waals surface area contributed by atoms with E-state index in [0.29, 0.717) is 0 Å². The lowest BCUT2D eigenvalue weighted by Gasteiger charge is -2.18. The van der Waals surface area contributed by atoms with E-state index in [9.17, 15) is 0 Å². The van der Waals surface area contributed by atoms with Gasteiger partial charge in [0.05, 0.1) is 0 Å². The zero-order valence-electron chi connectivity index (χ0n) is 17.3. The van der Waals surface area contributed by atoms with Gasteiger partial charge in [-0.15, -0.1) is 0 Å². The SMILES string of the molecule is Cc1cccc(-c2c3ccccc3c(-c3ccc4ccccc4c3)c3ccncc23)c1. The van der Waals surface area contributed by atoms with Crippen LogP contribution >= 0.6 is 0 Å². The third kappa shape index (κ3) is 2.90. The van der Waals surface area contributed by atoms with Crippen molar-refractivity contribution in [3.05, 3.63) is 115 Å². The maximum atomic E-state index is 4.51. The molecule has 0 amide bonds. The molecule has 6 aromatic rings. The van der Waals surface area contributed by atoms with Crippen LogP contribution in [-0.2, 0) is 0 Å². The Kier molecular flexibility index (Phi) is 4.07. The van der Waals surface area contributed by atoms with E-state index in [0.717, 1.165) is 0 Å². The van der Waals surface area contributed by atoms with E-state index in [-0.39, 0.29) is 0 Å². The van der Waals surface area contributed by atoms with E-state index in [1.54, 1.807) is 0 Å². The molecule has 0 saturated carbocycles. The summed E-state index contributed by atoms with van der Waals surface area (Å²) in [5.74, 6) is 0. The molecule has 6 rings (SSSR count). The average Bonchev–Trinajstić information content (AvgIpc) is 2.82. The number of pyridine rings is 1. The zero-order chi connectivity index (χ0) is 20.8. The van der Waals surface area contributed by atoms with Crippen LogP contribution in [0.4, 0.5) is 0 Å². The summed E-state index contributed by atoms with van der Waals surface area (Å²) in [6, 6.07) is 35.0. The molecule has 0 N–H and O–H groups in total. The van der Waals surface area contributed by atoms with E-state index in [1.807, 2.05) is 12.4 Å². The first-order valence-corrected chi connectivity index (χ1v) is 10.6. The van der Waals surface area contributed by atoms with Crippen molar-refractivity contribution in [3.8, 4) is 22.3 Å². The highest BCUT2D eigenvalue weighted by molar-refractivity contribution is 6.21. The molecule has 1 heteroatoms. The van der Waals surface area contributed by atoms with Crippen molar-refractivity contribution in [1.82, 2.24) is 4.98 Å². The largest absolute Gasteiger partial charge is 0.264 e. The topological polar surface area (TPSA) is 12.9 Å². The van der Waals surface area contributed by atoms with Crippen molar-refractivity contribution >= 4 is 32.3 Å². The second-order valence-electron chi connectivity index (χ2n) is 8.15. The first kappa shape index (κ1) is 17.9. The van der Waals surface area contributed by atoms with E-state index < -0.39 is 0 Å². The van der Waals surface area contributed by atoms with Crippen molar-refractivity contribution in [2.75, 3.05) is 0 Å². The van der Waals surface area contributed by atoms with Gasteiger partial charge in [-0.05, 0) is 68.2 Å². The molecule has 0 fully saturated rings. The Morgan fingerprint density at radius 1 is 0.516 bits per heavy atom. The summed E-state index contributed by atoms with van der Waals surface area (Å²) in [5.41, 5.74) is 6.26. The number of aromatic nitrogens is 1. The number of aryl methyl sites for hydroxylation is 1. The normalized spacial score (nSPS) is 11.4. The smallest absolute Gasteiger partial charge is 0.0353 e. The summed E-state index contributed by atoms with van der Waals surface area (Å²) in [6.45, 7) is 2.15. The number of nitrogens with zero attached hydrogens (tertiary/aromatic N) is 1. The second-order valence-corrected chi connectivity index (χ2v) is 8.15. The lowest BCUT2D eigenvalue weighted by molar-refractivity contribution is 1.37. The molecular formula is C30H21N. The third-order valence-electron chi connectivity index (χ3n) is 6.17. The molecule has 1 heterocycles. The molecule has 0 bridgehead atoms. The van der Waals surface area contributed by atoms with Crippen LogP contribution < -0.4 is 0 Å². The van der Waals surface area contributed by atoms with Crippen LogP contribution in [0.2, 0.25) is 0 Å². The quantitative estimate of drug-likeness (QED) is 0.269. The summed E-state index contributed by atoms with van der Waals surface area (Å²) in [4.78, 5) is 4.51. The first-order chi connectivity index (χ1) is 15.3. The molecule has 1 aromatic heterocycles. The molecule has 1 nitrogen and oxygen atoms in total. The Labute approximate surface area is 181 Å². The predicted octanol–water partition coefficient (Wildman–Crippen LogP) is 8.18. The fourth-order valence-electron chi connectivity index (χ4n) is 4.79. The van der Waals surface area contributed by atoms with Gasteiger partial charge in [-0.2, -0.15) is 0 Å². The van der Waals surface area contributed by atoms with E-state index >= 15 is 0 Å². The molecule has 0 aliphatic carbocycles. The van der Waals surface area contributed by atoms with Crippen LogP contribution in [0.1, 0.15) is 5.56 Å². The fourth-order valence-corrected chi connectivity index (χ4v) is 4.79. The van der Waals surface area contributed by atoms with Gasteiger partial charge >= 0.3 is 0 Å². The molecule has 0 atom stereocenters. The van der Waals surface area contributed by atoms with Crippen molar-refractivity contribution in [1.29, 1.82) is 0 Å². The molecule has 0 spiro atoms. The van der Waals surface area contributed by atoms with Crippen LogP contribution in [0.25, 0.3) is 54.6 Å². The monoisotopic (exact) mass is 395 g/mol. The Bertz CT molecular complexity index is 1540. The van der Waals surface area contributed by atoms with E-state index in [1.165, 1.54) is 60.1 Å². The molecule has 146 valence electrons. The first-order valence-electron chi connectivity index (χ1n) is 10.6. The van der Waals surface area contributed by atoms with Gasteiger partial charge in [-0.3, -0.25) is 4.98 Å². The Hall–Kier alpha value is -3.97. The summed E-state index contributed by atoms with van der Waals surface area (Å²) in [6.07, 6.45) is 3.92. The van der Waals surface area contributed by atoms with Crippen LogP contribution in [0, 0.1) is 6.92 Å². The standard InChI is InChI=1S/C30H21N/c1-20-7-6-10-23(17-20)30-26-12-5-4-11-25(26)29(27-15-16-31-19-28(27)30)24-14-13-21-8-2-3-9-22(21)18-24/h2-19H,1H3. The summed E-state index contributed by atoms with van der Waals surface area (Å²) in [7, 11) is 0. The van der Waals surface area contributed by atoms with Gasteiger partial charge in [0.2, 0.25) is 0 Å². The van der Waals surface area contributed by atoms with Gasteiger partial charge < -0.3 is 0 Å². The highest BCUT2D eigenvalue weighted by Crippen LogP contribution is 2.43. The number of hydrogen-bond donors (Lipinski definition) is 0. The predicted molar refractivity (Wildman–Crippen MR) is 132 cm³/mol. The summed E-state index contributed by atoms with van der Waals surface area (Å²) >= 11 is 0. The minimum atomic E-state index is 1.19. The molecule has 0 radical (unpaired) electrons. The maximum absolute atomic E-state index is 4.51. The molecule has 31 heavy (non-hydrogen) atoms. The van der Waals surface area contributed by atoms with Crippen LogP contribution in [0.5, 0.6) is 0 Å². The molecular weight excluding hydrogens is 374 g/mol. The minimum Gasteiger partial charge on any atom is -0.264 e. The zero-order valence-corrected chi connectivity index (χ0v) is 17.3. The number of benzene rings is 5. The third-order valence-corrected chi connectivity index (χ3v) is 6.17. The van der Waals surface area contributed by atoms with Crippen LogP contribution in [0.15, 0.2) is 109 Å². The lowest BCUT2D eigenvalue weighted by atomic mass is 9.86. The molecule has 0 unspecified atom stereocenters. The highest BCUT2D eigenvalue weighted by Gasteiger charge is 2.16. The Balaban J connectivity index is 1.78. The molecule has 5 aromatic carbocycles.